The van der Waals surface area contributed by atoms with Gasteiger partial charge in [0.05, 0.1) is 45.0 Å². The van der Waals surface area contributed by atoms with Crippen LogP contribution >= 0.6 is 0 Å². The first kappa shape index (κ1) is 18.4. The van der Waals surface area contributed by atoms with Gasteiger partial charge in [-0.05, 0) is 29.8 Å². The van der Waals surface area contributed by atoms with E-state index < -0.39 is 0 Å². The van der Waals surface area contributed by atoms with Crippen molar-refractivity contribution in [3.8, 4) is 34.5 Å². The van der Waals surface area contributed by atoms with Crippen molar-refractivity contribution in [2.75, 3.05) is 14.2 Å². The number of para-hydroxylation sites is 1. The molecule has 0 fully saturated rings. The van der Waals surface area contributed by atoms with Gasteiger partial charge in [0.25, 0.3) is 5.89 Å². The standard InChI is InChI=1S/C22H20N4O4/c1-27-15-9-7-14(8-10-15)19-11-26-13-23-20(17(26)12-29-19)22-24-21(25-30-22)16-5-3-4-6-18(16)28-2/h3-10,13,19H,11-12H2,1-2H3/t19-/m0/s1. The molecule has 0 spiro atoms. The minimum Gasteiger partial charge on any atom is -0.497 e. The van der Waals surface area contributed by atoms with Gasteiger partial charge >= 0.3 is 0 Å². The van der Waals surface area contributed by atoms with E-state index in [4.69, 9.17) is 18.7 Å². The van der Waals surface area contributed by atoms with E-state index in [1.807, 2.05) is 48.5 Å². The van der Waals surface area contributed by atoms with E-state index in [0.29, 0.717) is 36.3 Å². The molecule has 0 bridgehead atoms. The van der Waals surface area contributed by atoms with Crippen molar-refractivity contribution < 1.29 is 18.7 Å². The molecule has 30 heavy (non-hydrogen) atoms. The third-order valence-corrected chi connectivity index (χ3v) is 5.19. The monoisotopic (exact) mass is 404 g/mol. The summed E-state index contributed by atoms with van der Waals surface area (Å²) in [6.45, 7) is 1.06. The van der Waals surface area contributed by atoms with Crippen molar-refractivity contribution in [2.24, 2.45) is 0 Å². The minimum absolute atomic E-state index is 0.0581. The van der Waals surface area contributed by atoms with E-state index in [0.717, 1.165) is 22.6 Å². The lowest BCUT2D eigenvalue weighted by Gasteiger charge is -2.25. The van der Waals surface area contributed by atoms with Gasteiger partial charge < -0.3 is 23.3 Å². The SMILES string of the molecule is COc1ccc([C@@H]2Cn3cnc(-c4nc(-c5ccccc5OC)no4)c3CO2)cc1. The van der Waals surface area contributed by atoms with Crippen LogP contribution in [-0.2, 0) is 17.9 Å². The lowest BCUT2D eigenvalue weighted by Crippen LogP contribution is -2.20. The second kappa shape index (κ2) is 7.64. The van der Waals surface area contributed by atoms with Gasteiger partial charge in [0.2, 0.25) is 5.82 Å². The zero-order chi connectivity index (χ0) is 20.5. The van der Waals surface area contributed by atoms with Crippen LogP contribution < -0.4 is 9.47 Å². The highest BCUT2D eigenvalue weighted by molar-refractivity contribution is 5.65. The molecule has 4 aromatic rings. The predicted molar refractivity (Wildman–Crippen MR) is 108 cm³/mol. The Morgan fingerprint density at radius 2 is 1.87 bits per heavy atom. The third kappa shape index (κ3) is 3.21. The lowest BCUT2D eigenvalue weighted by atomic mass is 10.1. The van der Waals surface area contributed by atoms with Crippen molar-refractivity contribution in [3.05, 3.63) is 66.1 Å². The number of benzene rings is 2. The van der Waals surface area contributed by atoms with Crippen LogP contribution in [0.4, 0.5) is 0 Å². The summed E-state index contributed by atoms with van der Waals surface area (Å²) < 4.78 is 24.3. The third-order valence-electron chi connectivity index (χ3n) is 5.19. The summed E-state index contributed by atoms with van der Waals surface area (Å²) in [6, 6.07) is 15.4. The molecular formula is C22H20N4O4. The molecule has 8 nitrogen and oxygen atoms in total. The highest BCUT2D eigenvalue weighted by atomic mass is 16.5. The van der Waals surface area contributed by atoms with Crippen molar-refractivity contribution in [1.82, 2.24) is 19.7 Å². The van der Waals surface area contributed by atoms with Gasteiger partial charge in [-0.2, -0.15) is 4.98 Å². The molecule has 0 amide bonds. The van der Waals surface area contributed by atoms with Crippen LogP contribution in [0, 0.1) is 0 Å². The molecule has 0 N–H and O–H groups in total. The van der Waals surface area contributed by atoms with Crippen molar-refractivity contribution in [2.45, 2.75) is 19.3 Å². The van der Waals surface area contributed by atoms with E-state index in [-0.39, 0.29) is 6.10 Å². The maximum Gasteiger partial charge on any atom is 0.278 e. The Kier molecular flexibility index (Phi) is 4.68. The summed E-state index contributed by atoms with van der Waals surface area (Å²) in [4.78, 5) is 9.04. The molecule has 8 heteroatoms. The normalized spacial score (nSPS) is 15.6. The molecule has 3 heterocycles. The number of fused-ring (bicyclic) bond motifs is 1. The van der Waals surface area contributed by atoms with E-state index in [2.05, 4.69) is 19.7 Å². The van der Waals surface area contributed by atoms with E-state index in [1.165, 1.54) is 0 Å². The first-order chi connectivity index (χ1) is 14.8. The second-order valence-corrected chi connectivity index (χ2v) is 6.89. The fourth-order valence-electron chi connectivity index (χ4n) is 3.58. The van der Waals surface area contributed by atoms with Gasteiger partial charge in [-0.25, -0.2) is 4.98 Å². The van der Waals surface area contributed by atoms with Gasteiger partial charge in [-0.15, -0.1) is 0 Å². The molecule has 2 aromatic carbocycles. The molecule has 1 aliphatic rings. The van der Waals surface area contributed by atoms with Crippen molar-refractivity contribution >= 4 is 0 Å². The Hall–Kier alpha value is -3.65. The van der Waals surface area contributed by atoms with Gasteiger partial charge in [0.1, 0.15) is 17.6 Å². The molecule has 0 unspecified atom stereocenters. The van der Waals surface area contributed by atoms with Crippen LogP contribution in [0.5, 0.6) is 11.5 Å². The van der Waals surface area contributed by atoms with Crippen LogP contribution in [0.15, 0.2) is 59.4 Å². The number of nitrogens with zero attached hydrogens (tertiary/aromatic N) is 4. The average Bonchev–Trinajstić information content (AvgIpc) is 3.45. The number of methoxy groups -OCH3 is 2. The summed E-state index contributed by atoms with van der Waals surface area (Å²) in [7, 11) is 3.27. The molecular weight excluding hydrogens is 384 g/mol. The van der Waals surface area contributed by atoms with Crippen molar-refractivity contribution in [3.63, 3.8) is 0 Å². The van der Waals surface area contributed by atoms with Gasteiger partial charge in [-0.1, -0.05) is 29.4 Å². The summed E-state index contributed by atoms with van der Waals surface area (Å²) in [5.74, 6) is 2.32. The van der Waals surface area contributed by atoms with Crippen LogP contribution in [0.2, 0.25) is 0 Å². The first-order valence-electron chi connectivity index (χ1n) is 9.54. The molecule has 0 saturated heterocycles. The molecule has 5 rings (SSSR count). The Balaban J connectivity index is 1.40. The topological polar surface area (TPSA) is 84.4 Å². The molecule has 1 atom stereocenters. The van der Waals surface area contributed by atoms with Gasteiger partial charge in [0, 0.05) is 0 Å². The van der Waals surface area contributed by atoms with Crippen LogP contribution in [0.3, 0.4) is 0 Å². The summed E-state index contributed by atoms with van der Waals surface area (Å²) in [5.41, 5.74) is 3.40. The minimum atomic E-state index is -0.0581. The molecule has 0 aliphatic carbocycles. The summed E-state index contributed by atoms with van der Waals surface area (Å²) in [6.07, 6.45) is 1.73. The fourth-order valence-corrected chi connectivity index (χ4v) is 3.58. The molecule has 152 valence electrons. The number of aromatic nitrogens is 4. The van der Waals surface area contributed by atoms with E-state index in [1.54, 1.807) is 20.5 Å². The number of rotatable bonds is 5. The largest absolute Gasteiger partial charge is 0.497 e. The predicted octanol–water partition coefficient (Wildman–Crippen LogP) is 3.89. The Labute approximate surface area is 173 Å². The maximum absolute atomic E-state index is 6.10. The fraction of sp³-hybridized carbons (Fsp3) is 0.227. The van der Waals surface area contributed by atoms with Crippen LogP contribution in [0.25, 0.3) is 23.0 Å². The van der Waals surface area contributed by atoms with Gasteiger partial charge in [0.15, 0.2) is 5.69 Å². The Morgan fingerprint density at radius 1 is 1.03 bits per heavy atom. The zero-order valence-corrected chi connectivity index (χ0v) is 16.6. The maximum atomic E-state index is 6.10. The average molecular weight is 404 g/mol. The molecule has 2 aromatic heterocycles. The van der Waals surface area contributed by atoms with Crippen molar-refractivity contribution in [1.29, 1.82) is 0 Å². The summed E-state index contributed by atoms with van der Waals surface area (Å²) in [5, 5.41) is 4.11. The van der Waals surface area contributed by atoms with E-state index in [9.17, 15) is 0 Å². The number of hydrogen-bond donors (Lipinski definition) is 0. The molecule has 0 saturated carbocycles. The lowest BCUT2D eigenvalue weighted by molar-refractivity contribution is 0.00328. The molecule has 0 radical (unpaired) electrons. The molecule has 1 aliphatic heterocycles. The number of imidazole rings is 1. The highest BCUT2D eigenvalue weighted by Gasteiger charge is 2.27. The number of hydrogen-bond acceptors (Lipinski definition) is 7. The second-order valence-electron chi connectivity index (χ2n) is 6.89. The van der Waals surface area contributed by atoms with E-state index >= 15 is 0 Å². The Morgan fingerprint density at radius 3 is 2.67 bits per heavy atom. The van der Waals surface area contributed by atoms with Crippen LogP contribution in [0.1, 0.15) is 17.4 Å². The first-order valence-corrected chi connectivity index (χ1v) is 9.54. The smallest absolute Gasteiger partial charge is 0.278 e. The quantitative estimate of drug-likeness (QED) is 0.499. The highest BCUT2D eigenvalue weighted by Crippen LogP contribution is 2.33. The van der Waals surface area contributed by atoms with Crippen LogP contribution in [-0.4, -0.2) is 33.9 Å². The Bertz CT molecular complexity index is 1170. The zero-order valence-electron chi connectivity index (χ0n) is 16.6. The van der Waals surface area contributed by atoms with Gasteiger partial charge in [-0.3, -0.25) is 0 Å². The number of ether oxygens (including phenoxy) is 3. The summed E-state index contributed by atoms with van der Waals surface area (Å²) >= 11 is 0.